The van der Waals surface area contributed by atoms with Crippen LogP contribution in [0.3, 0.4) is 0 Å². The summed E-state index contributed by atoms with van der Waals surface area (Å²) in [6, 6.07) is 9.73. The van der Waals surface area contributed by atoms with Crippen LogP contribution in [0.2, 0.25) is 0 Å². The van der Waals surface area contributed by atoms with Gasteiger partial charge < -0.3 is 13.9 Å². The van der Waals surface area contributed by atoms with Crippen molar-refractivity contribution in [1.82, 2.24) is 9.80 Å². The highest BCUT2D eigenvalue weighted by Crippen LogP contribution is 2.56. The third-order valence-electron chi connectivity index (χ3n) is 5.21. The molecule has 0 N–H and O–H groups in total. The van der Waals surface area contributed by atoms with Crippen LogP contribution in [0.4, 0.5) is 4.79 Å². The molecule has 0 aromatic heterocycles. The third kappa shape index (κ3) is 4.86. The van der Waals surface area contributed by atoms with Gasteiger partial charge in [-0.2, -0.15) is 0 Å². The zero-order chi connectivity index (χ0) is 20.0. The average Bonchev–Trinajstić information content (AvgIpc) is 3.00. The highest BCUT2D eigenvalue weighted by atomic mass is 31.2. The second-order valence-electron chi connectivity index (χ2n) is 7.26. The number of benzene rings is 1. The maximum Gasteiger partial charge on any atom is 0.355 e. The van der Waals surface area contributed by atoms with Crippen LogP contribution in [0.25, 0.3) is 0 Å². The molecule has 0 radical (unpaired) electrons. The zero-order valence-corrected chi connectivity index (χ0v) is 17.8. The van der Waals surface area contributed by atoms with E-state index in [9.17, 15) is 9.36 Å². The first-order valence-corrected chi connectivity index (χ1v) is 11.9. The first kappa shape index (κ1) is 21.1. The van der Waals surface area contributed by atoms with Crippen molar-refractivity contribution in [3.63, 3.8) is 0 Å². The van der Waals surface area contributed by atoms with Gasteiger partial charge >= 0.3 is 13.6 Å². The summed E-state index contributed by atoms with van der Waals surface area (Å²) in [6.45, 7) is 4.97. The molecule has 1 unspecified atom stereocenters. The zero-order valence-electron chi connectivity index (χ0n) is 16.9. The number of carbonyl (C=O) groups excluding carboxylic acids is 1. The standard InChI is InChI=1S/C21H31N2O4P/c1-3-26-28(25,27-4-2)20-17-22(15-18-11-7-5-8-12-18)21(24)23(20)16-19-13-9-6-10-14-19/h5,7-8,11-12,16,20H,3-4,6,9-10,13-15,17H2,1-2H3. The highest BCUT2D eigenvalue weighted by molar-refractivity contribution is 7.54. The summed E-state index contributed by atoms with van der Waals surface area (Å²) in [4.78, 5) is 16.6. The van der Waals surface area contributed by atoms with Crippen LogP contribution in [0.15, 0.2) is 42.1 Å². The fourth-order valence-electron chi connectivity index (χ4n) is 3.88. The first-order valence-electron chi connectivity index (χ1n) is 10.3. The van der Waals surface area contributed by atoms with Crippen LogP contribution >= 0.6 is 7.60 Å². The Bertz CT molecular complexity index is 719. The Morgan fingerprint density at radius 3 is 2.32 bits per heavy atom. The van der Waals surface area contributed by atoms with E-state index < -0.39 is 13.4 Å². The van der Waals surface area contributed by atoms with Gasteiger partial charge in [-0.05, 0) is 45.1 Å². The van der Waals surface area contributed by atoms with E-state index in [1.54, 1.807) is 23.6 Å². The van der Waals surface area contributed by atoms with Crippen LogP contribution in [0.1, 0.15) is 51.5 Å². The van der Waals surface area contributed by atoms with Gasteiger partial charge in [-0.15, -0.1) is 0 Å². The van der Waals surface area contributed by atoms with Crippen molar-refractivity contribution in [3.05, 3.63) is 47.7 Å². The summed E-state index contributed by atoms with van der Waals surface area (Å²) in [5, 5.41) is 0. The number of allylic oxidation sites excluding steroid dienone is 1. The van der Waals surface area contributed by atoms with E-state index in [4.69, 9.17) is 9.05 Å². The Kier molecular flexibility index (Phi) is 7.33. The molecular weight excluding hydrogens is 375 g/mol. The topological polar surface area (TPSA) is 59.1 Å². The van der Waals surface area contributed by atoms with Gasteiger partial charge in [-0.25, -0.2) is 4.79 Å². The van der Waals surface area contributed by atoms with Crippen LogP contribution in [0.5, 0.6) is 0 Å². The molecule has 1 saturated heterocycles. The fraction of sp³-hybridized carbons (Fsp3) is 0.571. The number of hydrogen-bond acceptors (Lipinski definition) is 4. The molecule has 154 valence electrons. The van der Waals surface area contributed by atoms with Crippen LogP contribution in [-0.2, 0) is 20.2 Å². The smallest absolute Gasteiger partial charge is 0.317 e. The Morgan fingerprint density at radius 2 is 1.71 bits per heavy atom. The van der Waals surface area contributed by atoms with Crippen molar-refractivity contribution >= 4 is 13.6 Å². The van der Waals surface area contributed by atoms with Gasteiger partial charge in [0.1, 0.15) is 0 Å². The molecule has 0 bridgehead atoms. The van der Waals surface area contributed by atoms with Crippen molar-refractivity contribution in [3.8, 4) is 0 Å². The average molecular weight is 406 g/mol. The van der Waals surface area contributed by atoms with E-state index in [1.165, 1.54) is 12.0 Å². The molecule has 2 amide bonds. The first-order chi connectivity index (χ1) is 13.6. The summed E-state index contributed by atoms with van der Waals surface area (Å²) in [5.74, 6) is -0.613. The quantitative estimate of drug-likeness (QED) is 0.545. The number of hydrogen-bond donors (Lipinski definition) is 0. The number of rotatable bonds is 8. The van der Waals surface area contributed by atoms with Gasteiger partial charge in [0.25, 0.3) is 0 Å². The molecule has 6 nitrogen and oxygen atoms in total. The van der Waals surface area contributed by atoms with Crippen LogP contribution in [-0.4, -0.2) is 41.4 Å². The maximum atomic E-state index is 13.5. The molecule has 2 aliphatic rings. The molecule has 28 heavy (non-hydrogen) atoms. The molecule has 1 heterocycles. The highest BCUT2D eigenvalue weighted by Gasteiger charge is 2.49. The summed E-state index contributed by atoms with van der Waals surface area (Å²) >= 11 is 0. The Labute approximate surface area is 168 Å². The predicted molar refractivity (Wildman–Crippen MR) is 110 cm³/mol. The van der Waals surface area contributed by atoms with E-state index in [0.29, 0.717) is 13.1 Å². The van der Waals surface area contributed by atoms with Crippen LogP contribution < -0.4 is 0 Å². The van der Waals surface area contributed by atoms with Crippen LogP contribution in [0, 0.1) is 0 Å². The molecule has 3 rings (SSSR count). The lowest BCUT2D eigenvalue weighted by molar-refractivity contribution is 0.189. The fourth-order valence-corrected chi connectivity index (χ4v) is 5.89. The summed E-state index contributed by atoms with van der Waals surface area (Å²) in [5.41, 5.74) is 2.29. The molecular formula is C21H31N2O4P. The minimum Gasteiger partial charge on any atom is -0.317 e. The lowest BCUT2D eigenvalue weighted by atomic mass is 9.96. The molecule has 1 saturated carbocycles. The van der Waals surface area contributed by atoms with Gasteiger partial charge in [0.2, 0.25) is 0 Å². The molecule has 1 aromatic carbocycles. The van der Waals surface area contributed by atoms with Gasteiger partial charge in [0, 0.05) is 12.7 Å². The molecule has 1 aliphatic heterocycles. The Morgan fingerprint density at radius 1 is 1.07 bits per heavy atom. The normalized spacial score (nSPS) is 20.7. The van der Waals surface area contributed by atoms with Crippen molar-refractivity contribution in [2.45, 2.75) is 58.3 Å². The third-order valence-corrected chi connectivity index (χ3v) is 7.59. The van der Waals surface area contributed by atoms with Crippen molar-refractivity contribution in [1.29, 1.82) is 0 Å². The molecule has 1 atom stereocenters. The number of urea groups is 1. The predicted octanol–water partition coefficient (Wildman–Crippen LogP) is 5.36. The molecule has 1 aromatic rings. The monoisotopic (exact) mass is 406 g/mol. The second kappa shape index (κ2) is 9.73. The van der Waals surface area contributed by atoms with Gasteiger partial charge in [0.05, 0.1) is 19.8 Å². The number of amides is 2. The number of carbonyl (C=O) groups is 1. The summed E-state index contributed by atoms with van der Waals surface area (Å²) in [6.07, 6.45) is 7.40. The summed E-state index contributed by atoms with van der Waals surface area (Å²) < 4.78 is 24.7. The molecule has 1 aliphatic carbocycles. The largest absolute Gasteiger partial charge is 0.355 e. The number of nitrogens with zero attached hydrogens (tertiary/aromatic N) is 2. The SMILES string of the molecule is CCOP(=O)(OCC)C1CN(Cc2ccccc2)C(=O)N1C=C1CCCCC1. The van der Waals surface area contributed by atoms with Gasteiger partial charge in [-0.1, -0.05) is 42.3 Å². The van der Waals surface area contributed by atoms with E-state index in [0.717, 1.165) is 31.2 Å². The molecule has 2 fully saturated rings. The van der Waals surface area contributed by atoms with E-state index >= 15 is 0 Å². The maximum absolute atomic E-state index is 13.5. The van der Waals surface area contributed by atoms with Gasteiger partial charge in [0.15, 0.2) is 5.78 Å². The minimum atomic E-state index is -3.45. The minimum absolute atomic E-state index is 0.133. The van der Waals surface area contributed by atoms with Crippen molar-refractivity contribution in [2.24, 2.45) is 0 Å². The van der Waals surface area contributed by atoms with E-state index in [2.05, 4.69) is 0 Å². The summed E-state index contributed by atoms with van der Waals surface area (Å²) in [7, 11) is -3.45. The molecule has 7 heteroatoms. The molecule has 0 spiro atoms. The Hall–Kier alpha value is -1.62. The lowest BCUT2D eigenvalue weighted by Crippen LogP contribution is -2.31. The van der Waals surface area contributed by atoms with Crippen molar-refractivity contribution < 1.29 is 18.4 Å². The van der Waals surface area contributed by atoms with E-state index in [-0.39, 0.29) is 19.2 Å². The Balaban J connectivity index is 1.89. The lowest BCUT2D eigenvalue weighted by Gasteiger charge is -2.28. The second-order valence-corrected chi connectivity index (χ2v) is 9.45. The van der Waals surface area contributed by atoms with Gasteiger partial charge in [-0.3, -0.25) is 9.46 Å². The van der Waals surface area contributed by atoms with E-state index in [1.807, 2.05) is 36.5 Å². The van der Waals surface area contributed by atoms with Crippen molar-refractivity contribution in [2.75, 3.05) is 19.8 Å².